The molecule has 1 fully saturated rings. The van der Waals surface area contributed by atoms with E-state index in [9.17, 15) is 0 Å². The van der Waals surface area contributed by atoms with Gasteiger partial charge in [0.05, 0.1) is 6.54 Å². The number of guanidine groups is 1. The first kappa shape index (κ1) is 17.8. The summed E-state index contributed by atoms with van der Waals surface area (Å²) in [5.41, 5.74) is 8.85. The highest BCUT2D eigenvalue weighted by Crippen LogP contribution is 2.14. The average molecular weight is 316 g/mol. The lowest BCUT2D eigenvalue weighted by Gasteiger charge is -2.23. The maximum absolute atomic E-state index is 6.23. The van der Waals surface area contributed by atoms with Crippen LogP contribution >= 0.6 is 0 Å². The highest BCUT2D eigenvalue weighted by molar-refractivity contribution is 5.78. The Bertz CT molecular complexity index is 502. The Labute approximate surface area is 141 Å². The predicted octanol–water partition coefficient (Wildman–Crippen LogP) is 3.22. The molecular weight excluding hydrogens is 284 g/mol. The van der Waals surface area contributed by atoms with Crippen molar-refractivity contribution in [3.05, 3.63) is 35.4 Å². The van der Waals surface area contributed by atoms with Crippen molar-refractivity contribution in [1.82, 2.24) is 9.80 Å². The lowest BCUT2D eigenvalue weighted by Crippen LogP contribution is -2.38. The molecule has 0 amide bonds. The molecule has 2 rings (SSSR count). The van der Waals surface area contributed by atoms with Crippen LogP contribution in [-0.4, -0.2) is 41.9 Å². The number of nitrogens with two attached hydrogens (primary N) is 1. The molecule has 128 valence electrons. The largest absolute Gasteiger partial charge is 0.370 e. The summed E-state index contributed by atoms with van der Waals surface area (Å²) >= 11 is 0. The first-order valence-corrected chi connectivity index (χ1v) is 8.90. The molecule has 1 aliphatic rings. The van der Waals surface area contributed by atoms with Crippen molar-refractivity contribution in [2.75, 3.05) is 20.1 Å². The number of rotatable bonds is 5. The SMILES string of the molecule is CC(C)N(C)Cc1ccccc1CN=C(N)N1CCCCCC1. The van der Waals surface area contributed by atoms with E-state index in [2.05, 4.69) is 60.0 Å². The highest BCUT2D eigenvalue weighted by atomic mass is 15.2. The fourth-order valence-electron chi connectivity index (χ4n) is 2.88. The minimum absolute atomic E-state index is 0.536. The molecule has 1 saturated heterocycles. The summed E-state index contributed by atoms with van der Waals surface area (Å²) in [6.45, 7) is 8.16. The Morgan fingerprint density at radius 2 is 1.74 bits per heavy atom. The highest BCUT2D eigenvalue weighted by Gasteiger charge is 2.12. The lowest BCUT2D eigenvalue weighted by molar-refractivity contribution is 0.265. The molecule has 23 heavy (non-hydrogen) atoms. The van der Waals surface area contributed by atoms with Gasteiger partial charge < -0.3 is 10.6 Å². The normalized spacial score (nSPS) is 16.9. The average Bonchev–Trinajstić information content (AvgIpc) is 2.83. The molecule has 2 N–H and O–H groups in total. The van der Waals surface area contributed by atoms with Gasteiger partial charge in [-0.25, -0.2) is 4.99 Å². The van der Waals surface area contributed by atoms with Crippen LogP contribution in [0.1, 0.15) is 50.7 Å². The third-order valence-corrected chi connectivity index (χ3v) is 4.76. The van der Waals surface area contributed by atoms with E-state index in [1.165, 1.54) is 36.8 Å². The molecular formula is C19H32N4. The molecule has 4 nitrogen and oxygen atoms in total. The van der Waals surface area contributed by atoms with Gasteiger partial charge in [-0.05, 0) is 44.9 Å². The van der Waals surface area contributed by atoms with E-state index in [1.807, 2.05) is 0 Å². The molecule has 1 heterocycles. The number of likely N-dealkylation sites (tertiary alicyclic amines) is 1. The number of hydrogen-bond donors (Lipinski definition) is 1. The van der Waals surface area contributed by atoms with Gasteiger partial charge in [-0.15, -0.1) is 0 Å². The third-order valence-electron chi connectivity index (χ3n) is 4.76. The number of benzene rings is 1. The van der Waals surface area contributed by atoms with Crippen LogP contribution in [0.5, 0.6) is 0 Å². The Hall–Kier alpha value is -1.55. The molecule has 0 aliphatic carbocycles. The van der Waals surface area contributed by atoms with Crippen molar-refractivity contribution in [1.29, 1.82) is 0 Å². The van der Waals surface area contributed by atoms with E-state index in [-0.39, 0.29) is 0 Å². The molecule has 0 unspecified atom stereocenters. The van der Waals surface area contributed by atoms with Crippen LogP contribution in [0.4, 0.5) is 0 Å². The fraction of sp³-hybridized carbons (Fsp3) is 0.632. The summed E-state index contributed by atoms with van der Waals surface area (Å²) in [7, 11) is 2.16. The van der Waals surface area contributed by atoms with E-state index in [4.69, 9.17) is 5.73 Å². The number of nitrogens with zero attached hydrogens (tertiary/aromatic N) is 3. The number of hydrogen-bond acceptors (Lipinski definition) is 2. The van der Waals surface area contributed by atoms with Gasteiger partial charge in [-0.2, -0.15) is 0 Å². The maximum atomic E-state index is 6.23. The maximum Gasteiger partial charge on any atom is 0.191 e. The van der Waals surface area contributed by atoms with E-state index < -0.39 is 0 Å². The van der Waals surface area contributed by atoms with Gasteiger partial charge in [0.25, 0.3) is 0 Å². The van der Waals surface area contributed by atoms with Crippen LogP contribution in [0.25, 0.3) is 0 Å². The van der Waals surface area contributed by atoms with Crippen LogP contribution < -0.4 is 5.73 Å². The zero-order chi connectivity index (χ0) is 16.7. The Balaban J connectivity index is 2.02. The Morgan fingerprint density at radius 3 is 2.35 bits per heavy atom. The van der Waals surface area contributed by atoms with E-state index in [0.29, 0.717) is 18.5 Å². The first-order valence-electron chi connectivity index (χ1n) is 8.90. The second-order valence-corrected chi connectivity index (χ2v) is 6.85. The number of aliphatic imine (C=N–C) groups is 1. The molecule has 0 atom stereocenters. The second-order valence-electron chi connectivity index (χ2n) is 6.85. The molecule has 0 aromatic heterocycles. The monoisotopic (exact) mass is 316 g/mol. The van der Waals surface area contributed by atoms with Crippen molar-refractivity contribution < 1.29 is 0 Å². The summed E-state index contributed by atoms with van der Waals surface area (Å²) in [6, 6.07) is 9.10. The topological polar surface area (TPSA) is 44.9 Å². The molecule has 1 aliphatic heterocycles. The van der Waals surface area contributed by atoms with Gasteiger partial charge in [0, 0.05) is 25.7 Å². The van der Waals surface area contributed by atoms with Crippen LogP contribution in [0.15, 0.2) is 29.3 Å². The summed E-state index contributed by atoms with van der Waals surface area (Å²) < 4.78 is 0. The minimum Gasteiger partial charge on any atom is -0.370 e. The lowest BCUT2D eigenvalue weighted by atomic mass is 10.1. The van der Waals surface area contributed by atoms with Crippen molar-refractivity contribution in [2.24, 2.45) is 10.7 Å². The van der Waals surface area contributed by atoms with Crippen LogP contribution in [0.2, 0.25) is 0 Å². The summed E-state index contributed by atoms with van der Waals surface area (Å²) in [5, 5.41) is 0. The quantitative estimate of drug-likeness (QED) is 0.670. The third kappa shape index (κ3) is 5.54. The minimum atomic E-state index is 0.536. The smallest absolute Gasteiger partial charge is 0.191 e. The van der Waals surface area contributed by atoms with Gasteiger partial charge in [0.15, 0.2) is 5.96 Å². The first-order chi connectivity index (χ1) is 11.1. The molecule has 1 aromatic rings. The summed E-state index contributed by atoms with van der Waals surface area (Å²) in [5.74, 6) is 0.707. The van der Waals surface area contributed by atoms with E-state index in [1.54, 1.807) is 0 Å². The van der Waals surface area contributed by atoms with Crippen LogP contribution in [0, 0.1) is 0 Å². The van der Waals surface area contributed by atoms with Gasteiger partial charge in [-0.1, -0.05) is 37.1 Å². The predicted molar refractivity (Wildman–Crippen MR) is 98.4 cm³/mol. The summed E-state index contributed by atoms with van der Waals surface area (Å²) in [6.07, 6.45) is 5.08. The van der Waals surface area contributed by atoms with Crippen molar-refractivity contribution >= 4 is 5.96 Å². The van der Waals surface area contributed by atoms with Gasteiger partial charge in [0.2, 0.25) is 0 Å². The Morgan fingerprint density at radius 1 is 1.13 bits per heavy atom. The van der Waals surface area contributed by atoms with Gasteiger partial charge in [0.1, 0.15) is 0 Å². The van der Waals surface area contributed by atoms with Crippen LogP contribution in [-0.2, 0) is 13.1 Å². The van der Waals surface area contributed by atoms with Crippen molar-refractivity contribution in [3.8, 4) is 0 Å². The molecule has 4 heteroatoms. The summed E-state index contributed by atoms with van der Waals surface area (Å²) in [4.78, 5) is 9.27. The van der Waals surface area contributed by atoms with Crippen molar-refractivity contribution in [3.63, 3.8) is 0 Å². The zero-order valence-corrected chi connectivity index (χ0v) is 15.0. The molecule has 0 radical (unpaired) electrons. The second kappa shape index (κ2) is 8.92. The van der Waals surface area contributed by atoms with Gasteiger partial charge >= 0.3 is 0 Å². The molecule has 0 saturated carbocycles. The van der Waals surface area contributed by atoms with E-state index >= 15 is 0 Å². The molecule has 0 spiro atoms. The Kier molecular flexibility index (Phi) is 6.90. The van der Waals surface area contributed by atoms with E-state index in [0.717, 1.165) is 19.6 Å². The van der Waals surface area contributed by atoms with Crippen LogP contribution in [0.3, 0.4) is 0 Å². The van der Waals surface area contributed by atoms with Gasteiger partial charge in [-0.3, -0.25) is 4.90 Å². The van der Waals surface area contributed by atoms with Crippen molar-refractivity contribution in [2.45, 2.75) is 58.7 Å². The molecule has 1 aromatic carbocycles. The fourth-order valence-corrected chi connectivity index (χ4v) is 2.88. The molecule has 0 bridgehead atoms. The standard InChI is InChI=1S/C19H32N4/c1-16(2)22(3)15-18-11-7-6-10-17(18)14-21-19(20)23-12-8-4-5-9-13-23/h6-7,10-11,16H,4-5,8-9,12-15H2,1-3H3,(H2,20,21). The zero-order valence-electron chi connectivity index (χ0n) is 15.0.